The molecule has 1 unspecified atom stereocenters. The van der Waals surface area contributed by atoms with Crippen LogP contribution in [0.1, 0.15) is 29.1 Å². The van der Waals surface area contributed by atoms with Gasteiger partial charge < -0.3 is 15.1 Å². The van der Waals surface area contributed by atoms with E-state index in [-0.39, 0.29) is 11.9 Å². The van der Waals surface area contributed by atoms with Gasteiger partial charge in [-0.3, -0.25) is 4.79 Å². The summed E-state index contributed by atoms with van der Waals surface area (Å²) in [6.07, 6.45) is 0. The predicted octanol–water partition coefficient (Wildman–Crippen LogP) is 4.23. The van der Waals surface area contributed by atoms with Gasteiger partial charge in [0.05, 0.1) is 16.6 Å². The van der Waals surface area contributed by atoms with E-state index in [0.29, 0.717) is 15.3 Å². The Morgan fingerprint density at radius 1 is 1.35 bits per heavy atom. The van der Waals surface area contributed by atoms with Crippen molar-refractivity contribution in [3.8, 4) is 0 Å². The van der Waals surface area contributed by atoms with Crippen LogP contribution in [0.25, 0.3) is 0 Å². The van der Waals surface area contributed by atoms with Gasteiger partial charge in [-0.05, 0) is 53.2 Å². The van der Waals surface area contributed by atoms with Crippen molar-refractivity contribution < 1.29 is 9.21 Å². The average molecular weight is 358 g/mol. The molecule has 2 rings (SSSR count). The Labute approximate surface area is 130 Å². The molecule has 1 heterocycles. The van der Waals surface area contributed by atoms with E-state index in [4.69, 9.17) is 16.0 Å². The maximum atomic E-state index is 11.7. The van der Waals surface area contributed by atoms with Crippen LogP contribution in [0.3, 0.4) is 0 Å². The predicted molar refractivity (Wildman–Crippen MR) is 83.3 cm³/mol. The minimum Gasteiger partial charge on any atom is -0.452 e. The molecule has 2 N–H and O–H groups in total. The van der Waals surface area contributed by atoms with Gasteiger partial charge in [0, 0.05) is 12.7 Å². The fourth-order valence-corrected chi connectivity index (χ4v) is 2.33. The Hall–Kier alpha value is -1.46. The highest BCUT2D eigenvalue weighted by atomic mass is 79.9. The number of hydrogen-bond acceptors (Lipinski definition) is 3. The number of hydrogen-bond donors (Lipinski definition) is 2. The SMILES string of the molecule is CNC(=O)c1cc(NC(C)c2ccc(Br)o2)ccc1Cl. The molecule has 0 aliphatic rings. The Morgan fingerprint density at radius 2 is 2.10 bits per heavy atom. The first-order valence-corrected chi connectivity index (χ1v) is 7.21. The van der Waals surface area contributed by atoms with Crippen LogP contribution >= 0.6 is 27.5 Å². The second-order valence-electron chi connectivity index (χ2n) is 4.28. The number of nitrogens with one attached hydrogen (secondary N) is 2. The van der Waals surface area contributed by atoms with E-state index in [1.54, 1.807) is 19.2 Å². The van der Waals surface area contributed by atoms with Gasteiger partial charge in [-0.1, -0.05) is 11.6 Å². The molecule has 4 nitrogen and oxygen atoms in total. The lowest BCUT2D eigenvalue weighted by Crippen LogP contribution is -2.18. The molecule has 6 heteroatoms. The molecule has 1 aromatic heterocycles. The van der Waals surface area contributed by atoms with Crippen molar-refractivity contribution >= 4 is 39.1 Å². The molecule has 2 aromatic rings. The molecule has 0 aliphatic heterocycles. The third-order valence-electron chi connectivity index (χ3n) is 2.84. The fourth-order valence-electron chi connectivity index (χ4n) is 1.81. The van der Waals surface area contributed by atoms with Crippen LogP contribution in [0.15, 0.2) is 39.4 Å². The maximum Gasteiger partial charge on any atom is 0.252 e. The lowest BCUT2D eigenvalue weighted by Gasteiger charge is -2.14. The van der Waals surface area contributed by atoms with Crippen molar-refractivity contribution in [2.24, 2.45) is 0 Å². The normalized spacial score (nSPS) is 12.0. The van der Waals surface area contributed by atoms with E-state index in [2.05, 4.69) is 26.6 Å². The highest BCUT2D eigenvalue weighted by molar-refractivity contribution is 9.10. The van der Waals surface area contributed by atoms with Crippen LogP contribution in [0.4, 0.5) is 5.69 Å². The topological polar surface area (TPSA) is 54.3 Å². The first-order valence-electron chi connectivity index (χ1n) is 6.04. The van der Waals surface area contributed by atoms with E-state index < -0.39 is 0 Å². The minimum atomic E-state index is -0.216. The molecule has 0 aliphatic carbocycles. The van der Waals surface area contributed by atoms with Crippen molar-refractivity contribution in [2.45, 2.75) is 13.0 Å². The summed E-state index contributed by atoms with van der Waals surface area (Å²) >= 11 is 9.28. The van der Waals surface area contributed by atoms with Crippen molar-refractivity contribution in [1.82, 2.24) is 5.32 Å². The van der Waals surface area contributed by atoms with Crippen molar-refractivity contribution in [3.63, 3.8) is 0 Å². The summed E-state index contributed by atoms with van der Waals surface area (Å²) < 4.78 is 6.17. The molecule has 0 bridgehead atoms. The fraction of sp³-hybridized carbons (Fsp3) is 0.214. The van der Waals surface area contributed by atoms with Crippen LogP contribution in [-0.4, -0.2) is 13.0 Å². The van der Waals surface area contributed by atoms with Crippen LogP contribution in [0.5, 0.6) is 0 Å². The Morgan fingerprint density at radius 3 is 2.70 bits per heavy atom. The highest BCUT2D eigenvalue weighted by Gasteiger charge is 2.13. The van der Waals surface area contributed by atoms with Gasteiger partial charge in [-0.2, -0.15) is 0 Å². The first kappa shape index (κ1) is 14.9. The smallest absolute Gasteiger partial charge is 0.252 e. The molecule has 20 heavy (non-hydrogen) atoms. The summed E-state index contributed by atoms with van der Waals surface area (Å²) in [6.45, 7) is 1.97. The summed E-state index contributed by atoms with van der Waals surface area (Å²) in [7, 11) is 1.57. The third kappa shape index (κ3) is 3.35. The summed E-state index contributed by atoms with van der Waals surface area (Å²) in [5.74, 6) is 0.584. The van der Waals surface area contributed by atoms with Gasteiger partial charge in [0.25, 0.3) is 5.91 Å². The van der Waals surface area contributed by atoms with Gasteiger partial charge in [-0.15, -0.1) is 0 Å². The molecule has 106 valence electrons. The van der Waals surface area contributed by atoms with E-state index >= 15 is 0 Å². The van der Waals surface area contributed by atoms with Crippen LogP contribution in [0.2, 0.25) is 5.02 Å². The Balaban J connectivity index is 2.19. The standard InChI is InChI=1S/C14H14BrClN2O2/c1-8(12-5-6-13(15)20-12)18-9-3-4-11(16)10(7-9)14(19)17-2/h3-8,18H,1-2H3,(H,17,19). The average Bonchev–Trinajstić information content (AvgIpc) is 2.87. The second-order valence-corrected chi connectivity index (χ2v) is 5.47. The molecule has 1 amide bonds. The lowest BCUT2D eigenvalue weighted by atomic mass is 10.1. The van der Waals surface area contributed by atoms with E-state index in [9.17, 15) is 4.79 Å². The number of carbonyl (C=O) groups excluding carboxylic acids is 1. The quantitative estimate of drug-likeness (QED) is 0.861. The van der Waals surface area contributed by atoms with Crippen molar-refractivity contribution in [2.75, 3.05) is 12.4 Å². The molecule has 0 saturated heterocycles. The number of furan rings is 1. The summed E-state index contributed by atoms with van der Waals surface area (Å²) in [5.41, 5.74) is 1.24. The lowest BCUT2D eigenvalue weighted by molar-refractivity contribution is 0.0963. The second kappa shape index (κ2) is 6.33. The number of amides is 1. The van der Waals surface area contributed by atoms with Gasteiger partial charge in [0.15, 0.2) is 4.67 Å². The number of anilines is 1. The largest absolute Gasteiger partial charge is 0.452 e. The highest BCUT2D eigenvalue weighted by Crippen LogP contribution is 2.26. The molecule has 0 fully saturated rings. The van der Waals surface area contributed by atoms with E-state index in [0.717, 1.165) is 11.4 Å². The number of benzene rings is 1. The van der Waals surface area contributed by atoms with Crippen molar-refractivity contribution in [1.29, 1.82) is 0 Å². The number of halogens is 2. The monoisotopic (exact) mass is 356 g/mol. The number of rotatable bonds is 4. The molecule has 0 saturated carbocycles. The third-order valence-corrected chi connectivity index (χ3v) is 3.60. The first-order chi connectivity index (χ1) is 9.51. The summed E-state index contributed by atoms with van der Waals surface area (Å²) in [4.78, 5) is 11.7. The molecule has 1 atom stereocenters. The Kier molecular flexibility index (Phi) is 4.73. The van der Waals surface area contributed by atoms with E-state index in [1.165, 1.54) is 0 Å². The van der Waals surface area contributed by atoms with Crippen LogP contribution in [0, 0.1) is 0 Å². The Bertz CT molecular complexity index is 627. The molecule has 0 radical (unpaired) electrons. The summed E-state index contributed by atoms with van der Waals surface area (Å²) in [6, 6.07) is 8.93. The van der Waals surface area contributed by atoms with Crippen molar-refractivity contribution in [3.05, 3.63) is 51.3 Å². The zero-order valence-electron chi connectivity index (χ0n) is 11.0. The number of carbonyl (C=O) groups is 1. The molecular weight excluding hydrogens is 344 g/mol. The zero-order valence-corrected chi connectivity index (χ0v) is 13.4. The zero-order chi connectivity index (χ0) is 14.7. The summed E-state index contributed by atoms with van der Waals surface area (Å²) in [5, 5.41) is 6.25. The van der Waals surface area contributed by atoms with Gasteiger partial charge >= 0.3 is 0 Å². The van der Waals surface area contributed by atoms with Gasteiger partial charge in [0.2, 0.25) is 0 Å². The van der Waals surface area contributed by atoms with E-state index in [1.807, 2.05) is 25.1 Å². The molecule has 1 aromatic carbocycles. The maximum absolute atomic E-state index is 11.7. The molecular formula is C14H14BrClN2O2. The molecule has 0 spiro atoms. The minimum absolute atomic E-state index is 0.0278. The van der Waals surface area contributed by atoms with Gasteiger partial charge in [-0.25, -0.2) is 0 Å². The van der Waals surface area contributed by atoms with Gasteiger partial charge in [0.1, 0.15) is 5.76 Å². The van der Waals surface area contributed by atoms with Crippen LogP contribution < -0.4 is 10.6 Å². The van der Waals surface area contributed by atoms with Crippen LogP contribution in [-0.2, 0) is 0 Å².